The molecule has 3 nitrogen and oxygen atoms in total. The van der Waals surface area contributed by atoms with Crippen LogP contribution in [-0.4, -0.2) is 21.3 Å². The van der Waals surface area contributed by atoms with Crippen LogP contribution in [0.3, 0.4) is 0 Å². The predicted molar refractivity (Wildman–Crippen MR) is 60.9 cm³/mol. The maximum atomic E-state index is 8.87. The normalized spacial score (nSPS) is 11.1. The van der Waals surface area contributed by atoms with Gasteiger partial charge in [-0.3, -0.25) is 0 Å². The van der Waals surface area contributed by atoms with Crippen molar-refractivity contribution in [1.29, 1.82) is 0 Å². The third-order valence-electron chi connectivity index (χ3n) is 2.75. The molecule has 0 unspecified atom stereocenters. The van der Waals surface area contributed by atoms with Crippen molar-refractivity contribution in [2.75, 3.05) is 6.61 Å². The van der Waals surface area contributed by atoms with Crippen LogP contribution in [0.5, 0.6) is 0 Å². The summed E-state index contributed by atoms with van der Waals surface area (Å²) in [5.74, 6) is 1.10. The number of benzene rings is 1. The van der Waals surface area contributed by atoms with Crippen LogP contribution in [0, 0.1) is 0 Å². The number of aliphatic hydroxyl groups is 1. The summed E-state index contributed by atoms with van der Waals surface area (Å²) in [6.45, 7) is 2.30. The summed E-state index contributed by atoms with van der Waals surface area (Å²) in [6.07, 6.45) is 1.65. The molecular formula is C12H16N2O. The first-order chi connectivity index (χ1) is 7.26. The topological polar surface area (TPSA) is 38.1 Å². The van der Waals surface area contributed by atoms with Gasteiger partial charge in [-0.1, -0.05) is 13.0 Å². The molecule has 1 aromatic carbocycles. The molecule has 1 heterocycles. The lowest BCUT2D eigenvalue weighted by molar-refractivity contribution is 0.299. The largest absolute Gasteiger partial charge is 0.396 e. The number of rotatable bonds is 3. The van der Waals surface area contributed by atoms with Crippen molar-refractivity contribution in [2.45, 2.75) is 19.8 Å². The van der Waals surface area contributed by atoms with Gasteiger partial charge in [-0.25, -0.2) is 4.98 Å². The van der Waals surface area contributed by atoms with Crippen molar-refractivity contribution in [3.8, 4) is 0 Å². The van der Waals surface area contributed by atoms with Crippen LogP contribution in [0.1, 0.15) is 18.3 Å². The van der Waals surface area contributed by atoms with E-state index in [9.17, 15) is 0 Å². The number of aryl methyl sites for hydroxylation is 2. The monoisotopic (exact) mass is 204 g/mol. The third kappa shape index (κ3) is 1.75. The van der Waals surface area contributed by atoms with E-state index in [1.54, 1.807) is 0 Å². The minimum Gasteiger partial charge on any atom is -0.396 e. The second-order valence-electron chi connectivity index (χ2n) is 3.74. The molecule has 0 aliphatic heterocycles. The zero-order chi connectivity index (χ0) is 10.8. The van der Waals surface area contributed by atoms with Crippen molar-refractivity contribution in [3.63, 3.8) is 0 Å². The van der Waals surface area contributed by atoms with Crippen LogP contribution in [0.25, 0.3) is 11.0 Å². The zero-order valence-electron chi connectivity index (χ0n) is 9.20. The van der Waals surface area contributed by atoms with Gasteiger partial charge in [-0.2, -0.15) is 0 Å². The van der Waals surface area contributed by atoms with Gasteiger partial charge >= 0.3 is 0 Å². The van der Waals surface area contributed by atoms with Crippen LogP contribution in [0.4, 0.5) is 0 Å². The van der Waals surface area contributed by atoms with E-state index in [1.807, 2.05) is 7.05 Å². The minimum absolute atomic E-state index is 0.193. The standard InChI is InChI=1S/C12H16N2O/c1-3-12-13-10-8-9(6-7-15)4-5-11(10)14(12)2/h4-5,8,15H,3,6-7H2,1-2H3. The van der Waals surface area contributed by atoms with Gasteiger partial charge in [-0.15, -0.1) is 0 Å². The molecular weight excluding hydrogens is 188 g/mol. The Kier molecular flexibility index (Phi) is 2.73. The fraction of sp³-hybridized carbons (Fsp3) is 0.417. The Morgan fingerprint density at radius 2 is 2.20 bits per heavy atom. The summed E-state index contributed by atoms with van der Waals surface area (Å²) in [7, 11) is 2.04. The van der Waals surface area contributed by atoms with Gasteiger partial charge in [0.05, 0.1) is 11.0 Å². The summed E-state index contributed by atoms with van der Waals surface area (Å²) in [5, 5.41) is 8.87. The summed E-state index contributed by atoms with van der Waals surface area (Å²) in [6, 6.07) is 6.19. The fourth-order valence-electron chi connectivity index (χ4n) is 1.90. The SMILES string of the molecule is CCc1nc2cc(CCO)ccc2n1C. The molecule has 2 rings (SSSR count). The highest BCUT2D eigenvalue weighted by Gasteiger charge is 2.06. The third-order valence-corrected chi connectivity index (χ3v) is 2.75. The predicted octanol–water partition coefficient (Wildman–Crippen LogP) is 1.67. The first kappa shape index (κ1) is 10.2. The number of imidazole rings is 1. The molecule has 1 N–H and O–H groups in total. The van der Waals surface area contributed by atoms with E-state index >= 15 is 0 Å². The summed E-state index contributed by atoms with van der Waals surface area (Å²) in [5.41, 5.74) is 3.33. The molecule has 0 aliphatic rings. The van der Waals surface area contributed by atoms with E-state index in [0.717, 1.165) is 28.8 Å². The molecule has 0 spiro atoms. The maximum Gasteiger partial charge on any atom is 0.109 e. The van der Waals surface area contributed by atoms with Crippen LogP contribution in [0.2, 0.25) is 0 Å². The van der Waals surface area contributed by atoms with Crippen molar-refractivity contribution in [1.82, 2.24) is 9.55 Å². The first-order valence-corrected chi connectivity index (χ1v) is 5.31. The van der Waals surface area contributed by atoms with E-state index in [4.69, 9.17) is 5.11 Å². The smallest absolute Gasteiger partial charge is 0.109 e. The van der Waals surface area contributed by atoms with Gasteiger partial charge in [0.2, 0.25) is 0 Å². The molecule has 0 saturated heterocycles. The maximum absolute atomic E-state index is 8.87. The molecule has 0 bridgehead atoms. The summed E-state index contributed by atoms with van der Waals surface area (Å²) < 4.78 is 2.12. The van der Waals surface area contributed by atoms with Crippen LogP contribution >= 0.6 is 0 Å². The highest BCUT2D eigenvalue weighted by atomic mass is 16.2. The van der Waals surface area contributed by atoms with Crippen LogP contribution in [0.15, 0.2) is 18.2 Å². The van der Waals surface area contributed by atoms with E-state index in [-0.39, 0.29) is 6.61 Å². The zero-order valence-corrected chi connectivity index (χ0v) is 9.20. The molecule has 0 aliphatic carbocycles. The lowest BCUT2D eigenvalue weighted by atomic mass is 10.1. The number of fused-ring (bicyclic) bond motifs is 1. The lowest BCUT2D eigenvalue weighted by Crippen LogP contribution is -1.94. The van der Waals surface area contributed by atoms with E-state index in [1.165, 1.54) is 0 Å². The van der Waals surface area contributed by atoms with Gasteiger partial charge in [0.25, 0.3) is 0 Å². The Balaban J connectivity index is 2.53. The number of hydrogen-bond acceptors (Lipinski definition) is 2. The van der Waals surface area contributed by atoms with Gasteiger partial charge in [-0.05, 0) is 24.1 Å². The van der Waals surface area contributed by atoms with Gasteiger partial charge in [0.1, 0.15) is 5.82 Å². The summed E-state index contributed by atoms with van der Waals surface area (Å²) in [4.78, 5) is 4.55. The number of aliphatic hydroxyl groups excluding tert-OH is 1. The molecule has 2 aromatic rings. The molecule has 0 fully saturated rings. The molecule has 3 heteroatoms. The first-order valence-electron chi connectivity index (χ1n) is 5.31. The molecule has 0 radical (unpaired) electrons. The molecule has 15 heavy (non-hydrogen) atoms. The molecule has 1 aromatic heterocycles. The molecule has 0 amide bonds. The van der Waals surface area contributed by atoms with Gasteiger partial charge < -0.3 is 9.67 Å². The van der Waals surface area contributed by atoms with Gasteiger partial charge in [0, 0.05) is 20.1 Å². The van der Waals surface area contributed by atoms with Crippen molar-refractivity contribution in [3.05, 3.63) is 29.6 Å². The Morgan fingerprint density at radius 3 is 2.87 bits per heavy atom. The van der Waals surface area contributed by atoms with E-state index in [2.05, 4.69) is 34.7 Å². The Hall–Kier alpha value is -1.35. The average molecular weight is 204 g/mol. The number of hydrogen-bond donors (Lipinski definition) is 1. The van der Waals surface area contributed by atoms with Crippen LogP contribution < -0.4 is 0 Å². The average Bonchev–Trinajstić information content (AvgIpc) is 2.56. The quantitative estimate of drug-likeness (QED) is 0.826. The number of nitrogens with zero attached hydrogens (tertiary/aromatic N) is 2. The van der Waals surface area contributed by atoms with E-state index in [0.29, 0.717) is 6.42 Å². The lowest BCUT2D eigenvalue weighted by Gasteiger charge is -1.99. The Morgan fingerprint density at radius 1 is 1.40 bits per heavy atom. The van der Waals surface area contributed by atoms with E-state index < -0.39 is 0 Å². The van der Waals surface area contributed by atoms with Crippen molar-refractivity contribution in [2.24, 2.45) is 7.05 Å². The van der Waals surface area contributed by atoms with Crippen LogP contribution in [-0.2, 0) is 19.9 Å². The van der Waals surface area contributed by atoms with Gasteiger partial charge in [0.15, 0.2) is 0 Å². The fourth-order valence-corrected chi connectivity index (χ4v) is 1.90. The molecule has 0 saturated carbocycles. The highest BCUT2D eigenvalue weighted by Crippen LogP contribution is 2.17. The second-order valence-corrected chi connectivity index (χ2v) is 3.74. The van der Waals surface area contributed by atoms with Crippen molar-refractivity contribution >= 4 is 11.0 Å². The van der Waals surface area contributed by atoms with Crippen molar-refractivity contribution < 1.29 is 5.11 Å². The highest BCUT2D eigenvalue weighted by molar-refractivity contribution is 5.76. The minimum atomic E-state index is 0.193. The summed E-state index contributed by atoms with van der Waals surface area (Å²) >= 11 is 0. The Labute approximate surface area is 89.4 Å². The number of aromatic nitrogens is 2. The second kappa shape index (κ2) is 4.03. The molecule has 80 valence electrons. The molecule has 0 atom stereocenters. The Bertz CT molecular complexity index is 474.